The summed E-state index contributed by atoms with van der Waals surface area (Å²) in [4.78, 5) is 38.5. The van der Waals surface area contributed by atoms with Gasteiger partial charge in [-0.25, -0.2) is 19.9 Å². The first-order valence-corrected chi connectivity index (χ1v) is 48.9. The van der Waals surface area contributed by atoms with Gasteiger partial charge in [-0.05, 0) is 254 Å². The molecule has 9 heterocycles. The van der Waals surface area contributed by atoms with Crippen LogP contribution in [0.1, 0.15) is 66.8 Å². The van der Waals surface area contributed by atoms with Gasteiger partial charge < -0.3 is 13.3 Å². The van der Waals surface area contributed by atoms with Crippen molar-refractivity contribution < 1.29 is 13.3 Å². The Morgan fingerprint density at radius 2 is 0.444 bits per heavy atom. The second-order valence-corrected chi connectivity index (χ2v) is 37.9. The van der Waals surface area contributed by atoms with Crippen LogP contribution >= 0.6 is 0 Å². The maximum Gasteiger partial charge on any atom is 0.164 e. The lowest BCUT2D eigenvalue weighted by Crippen LogP contribution is -2.26. The van der Waals surface area contributed by atoms with Gasteiger partial charge in [-0.3, -0.25) is 19.9 Å². The number of nitrogens with zero attached hydrogens (tertiary/aromatic N) is 8. The number of hydrogen-bond donors (Lipinski definition) is 0. The van der Waals surface area contributed by atoms with Crippen LogP contribution in [0.4, 0.5) is 0 Å². The number of benzene rings is 17. The number of aromatic nitrogens is 8. The molecular weight excluding hydrogens is 1760 g/mol. The third-order valence-corrected chi connectivity index (χ3v) is 30.8. The number of rotatable bonds is 8. The molecule has 26 aromatic rings. The molecule has 17 aromatic carbocycles. The maximum atomic E-state index is 6.99. The highest BCUT2D eigenvalue weighted by molar-refractivity contribution is 6.16. The lowest BCUT2D eigenvalue weighted by atomic mass is 9.70. The molecule has 668 valence electrons. The molecule has 32 rings (SSSR count). The van der Waals surface area contributed by atoms with E-state index in [2.05, 4.69) is 348 Å². The molecule has 11 nitrogen and oxygen atoms in total. The molecule has 0 bridgehead atoms. The third kappa shape index (κ3) is 11.7. The van der Waals surface area contributed by atoms with Crippen molar-refractivity contribution in [2.24, 2.45) is 0 Å². The summed E-state index contributed by atoms with van der Waals surface area (Å²) >= 11 is 0. The Labute approximate surface area is 827 Å². The Kier molecular flexibility index (Phi) is 17.7. The van der Waals surface area contributed by atoms with E-state index in [1.807, 2.05) is 128 Å². The van der Waals surface area contributed by atoms with E-state index >= 15 is 0 Å². The van der Waals surface area contributed by atoms with Crippen LogP contribution in [0.2, 0.25) is 0 Å². The van der Waals surface area contributed by atoms with Crippen molar-refractivity contribution in [3.05, 3.63) is 540 Å². The van der Waals surface area contributed by atoms with E-state index in [-0.39, 0.29) is 0 Å². The number of furan rings is 3. The summed E-state index contributed by atoms with van der Waals surface area (Å²) in [5.41, 5.74) is 46.4. The van der Waals surface area contributed by atoms with Crippen molar-refractivity contribution >= 4 is 65.8 Å². The zero-order valence-electron chi connectivity index (χ0n) is 77.3. The Bertz CT molecular complexity index is 9620. The van der Waals surface area contributed by atoms with Gasteiger partial charge in [0.15, 0.2) is 17.5 Å². The fourth-order valence-electron chi connectivity index (χ4n) is 24.9. The summed E-state index contributed by atoms with van der Waals surface area (Å²) in [5.74, 6) is 1.93. The summed E-state index contributed by atoms with van der Waals surface area (Å²) < 4.78 is 20.7. The maximum absolute atomic E-state index is 6.99. The number of para-hydroxylation sites is 1. The molecule has 0 radical (unpaired) electrons. The minimum atomic E-state index is -0.598. The Hall–Kier alpha value is -19.1. The van der Waals surface area contributed by atoms with Gasteiger partial charge in [0.2, 0.25) is 0 Å². The molecule has 1 unspecified atom stereocenters. The first kappa shape index (κ1) is 81.0. The van der Waals surface area contributed by atoms with Crippen molar-refractivity contribution in [3.8, 4) is 157 Å². The molecule has 0 N–H and O–H groups in total. The smallest absolute Gasteiger partial charge is 0.164 e. The van der Waals surface area contributed by atoms with Crippen molar-refractivity contribution in [2.75, 3.05) is 0 Å². The van der Waals surface area contributed by atoms with Crippen molar-refractivity contribution in [3.63, 3.8) is 0 Å². The quantitative estimate of drug-likeness (QED) is 0.143. The predicted molar refractivity (Wildman–Crippen MR) is 576 cm³/mol. The molecule has 144 heavy (non-hydrogen) atoms. The van der Waals surface area contributed by atoms with Crippen molar-refractivity contribution in [2.45, 2.75) is 16.2 Å². The lowest BCUT2D eigenvalue weighted by molar-refractivity contribution is 0.652. The molecule has 6 aliphatic carbocycles. The van der Waals surface area contributed by atoms with E-state index in [4.69, 9.17) is 33.2 Å². The minimum absolute atomic E-state index is 0.446. The normalized spacial score (nSPS) is 14.1. The van der Waals surface area contributed by atoms with Crippen LogP contribution < -0.4 is 0 Å². The van der Waals surface area contributed by atoms with Gasteiger partial charge >= 0.3 is 0 Å². The highest BCUT2D eigenvalue weighted by Crippen LogP contribution is 2.69. The fraction of sp³-hybridized carbons (Fsp3) is 0.0226. The van der Waals surface area contributed by atoms with Crippen LogP contribution in [-0.4, -0.2) is 39.9 Å². The summed E-state index contributed by atoms with van der Waals surface area (Å²) in [6.07, 6.45) is 7.27. The Morgan fingerprint density at radius 1 is 0.153 bits per heavy atom. The third-order valence-electron chi connectivity index (χ3n) is 30.8. The average molecular weight is 1840 g/mol. The van der Waals surface area contributed by atoms with E-state index in [1.165, 1.54) is 134 Å². The number of hydrogen-bond acceptors (Lipinski definition) is 11. The summed E-state index contributed by atoms with van der Waals surface area (Å²) in [6.45, 7) is 0. The molecule has 0 saturated heterocycles. The second kappa shape index (κ2) is 31.5. The molecule has 0 aliphatic heterocycles. The topological polar surface area (TPSA) is 143 Å². The first-order chi connectivity index (χ1) is 71.4. The first-order valence-electron chi connectivity index (χ1n) is 48.9. The molecule has 1 atom stereocenters. The van der Waals surface area contributed by atoms with E-state index in [1.54, 1.807) is 18.6 Å². The monoisotopic (exact) mass is 1830 g/mol. The van der Waals surface area contributed by atoms with Gasteiger partial charge in [-0.15, -0.1) is 0 Å². The number of fused-ring (bicyclic) bond motifs is 42. The zero-order chi connectivity index (χ0) is 94.5. The van der Waals surface area contributed by atoms with Crippen molar-refractivity contribution in [1.29, 1.82) is 0 Å². The number of pyridine rings is 5. The van der Waals surface area contributed by atoms with Crippen LogP contribution in [-0.2, 0) is 16.2 Å². The molecule has 6 aliphatic rings. The van der Waals surface area contributed by atoms with Gasteiger partial charge in [0.05, 0.1) is 50.4 Å². The van der Waals surface area contributed by atoms with Gasteiger partial charge in [-0.2, -0.15) is 0 Å². The summed E-state index contributed by atoms with van der Waals surface area (Å²) in [5, 5.41) is 6.70. The molecular formula is C133H78N8O3. The zero-order valence-corrected chi connectivity index (χ0v) is 77.3. The average Bonchev–Trinajstić information content (AvgIpc) is 1.51. The van der Waals surface area contributed by atoms with Crippen molar-refractivity contribution in [1.82, 2.24) is 39.9 Å². The van der Waals surface area contributed by atoms with E-state index in [9.17, 15) is 0 Å². The van der Waals surface area contributed by atoms with Crippen LogP contribution in [0.3, 0.4) is 0 Å². The SMILES string of the molecule is c1ccc(-c2cc(-c3ccc4oc5c6c(ccc5c4c3)-c3ccccc3C63c4ccccc4-c4ccccc43)cc(-c3ccccn3)n2)nc1.c1ccc(-c2cc(-c3ccc4oc5c6c(ccc5c4c3)-c3ccccc3C63c4ccccc4-c4ccccc43)ccn2)nc1.c1ccc(-c2nc(-c3ccccc3)nc(-c3ccc4c(c3)C3(c5ccccc5-4)c4ccccc4-c4ccc5c(oc6ccccc65)c43)n2)cc1. The van der Waals surface area contributed by atoms with Crippen LogP contribution in [0.15, 0.2) is 487 Å². The Balaban J connectivity index is 0.000000101. The minimum Gasteiger partial charge on any atom is -0.456 e. The van der Waals surface area contributed by atoms with Gasteiger partial charge in [0.25, 0.3) is 0 Å². The van der Waals surface area contributed by atoms with Crippen LogP contribution in [0.25, 0.3) is 223 Å². The van der Waals surface area contributed by atoms with Gasteiger partial charge in [-0.1, -0.05) is 334 Å². The van der Waals surface area contributed by atoms with E-state index in [0.29, 0.717) is 17.5 Å². The fourth-order valence-corrected chi connectivity index (χ4v) is 24.9. The predicted octanol–water partition coefficient (Wildman–Crippen LogP) is 32.3. The molecule has 0 amide bonds. The second-order valence-electron chi connectivity index (χ2n) is 37.9. The highest BCUT2D eigenvalue weighted by atomic mass is 16.3. The van der Waals surface area contributed by atoms with Crippen LogP contribution in [0, 0.1) is 0 Å². The van der Waals surface area contributed by atoms with Gasteiger partial charge in [0.1, 0.15) is 33.5 Å². The molecule has 0 fully saturated rings. The standard InChI is InChI=1S/2C46H27N3O.C41H24N2O/c1-4-14-36-30(11-1)31-12-2-5-15-37(31)46(36)38-16-6-3-13-32(38)33-20-21-34-35-25-28(19-22-43(35)50-45(34)44(33)46)29-26-41(39-17-7-9-23-47-39)49-42(27-29)40-18-8-10-24-48-40;1-3-13-28(14-4-1)43-47-44(29-15-5-2-6-16-29)49-45(48-43)30-23-24-33-31-17-7-10-20-37(31)46(39(33)27-30)38-21-11-8-18-32(38)35-25-26-36-34-19-9-12-22-40(34)50-42(36)41(35)46;1-4-12-33-27(9-1)28-10-2-5-13-34(28)41(33)35-14-6-3-11-29(35)30-17-18-31-32-23-25(16-19-38(32)44-40(31)39(30)41)26-20-22-43-37(24-26)36-15-7-8-21-42-36/h2*1-27H;1-24H. The highest BCUT2D eigenvalue weighted by Gasteiger charge is 2.57. The summed E-state index contributed by atoms with van der Waals surface area (Å²) in [7, 11) is 0. The Morgan fingerprint density at radius 3 is 0.847 bits per heavy atom. The summed E-state index contributed by atoms with van der Waals surface area (Å²) in [6, 6.07) is 159. The van der Waals surface area contributed by atoms with Gasteiger partial charge in [0, 0.05) is 90.5 Å². The molecule has 11 heteroatoms. The van der Waals surface area contributed by atoms with E-state index < -0.39 is 16.2 Å². The van der Waals surface area contributed by atoms with E-state index in [0.717, 1.165) is 139 Å². The molecule has 9 aromatic heterocycles. The van der Waals surface area contributed by atoms with Crippen LogP contribution in [0.5, 0.6) is 0 Å². The molecule has 3 spiro atoms. The molecule has 0 saturated carbocycles. The lowest BCUT2D eigenvalue weighted by Gasteiger charge is -2.30. The largest absolute Gasteiger partial charge is 0.456 e.